The summed E-state index contributed by atoms with van der Waals surface area (Å²) in [6.45, 7) is 2.41. The number of hydrogen-bond donors (Lipinski definition) is 0. The van der Waals surface area contributed by atoms with Crippen molar-refractivity contribution in [1.82, 2.24) is 0 Å². The van der Waals surface area contributed by atoms with Gasteiger partial charge in [-0.1, -0.05) is 0 Å². The van der Waals surface area contributed by atoms with Crippen LogP contribution >= 0.6 is 11.6 Å². The Morgan fingerprint density at radius 3 is 2.65 bits per heavy atom. The standard InChI is InChI=1S/C15H18ClFN2O/c16-9-11-7-15(20)19(10-11)12-3-4-14(13(17)8-12)18-5-1-2-6-18/h3-4,8,11H,1-2,5-7,9-10H2. The van der Waals surface area contributed by atoms with E-state index in [-0.39, 0.29) is 17.6 Å². The number of amides is 1. The van der Waals surface area contributed by atoms with Crippen molar-refractivity contribution in [3.05, 3.63) is 24.0 Å². The van der Waals surface area contributed by atoms with Crippen LogP contribution in [-0.2, 0) is 4.79 Å². The van der Waals surface area contributed by atoms with Crippen molar-refractivity contribution in [3.63, 3.8) is 0 Å². The Morgan fingerprint density at radius 2 is 2.05 bits per heavy atom. The van der Waals surface area contributed by atoms with Gasteiger partial charge in [0.1, 0.15) is 5.82 Å². The highest BCUT2D eigenvalue weighted by Crippen LogP contribution is 2.31. The number of nitrogens with zero attached hydrogens (tertiary/aromatic N) is 2. The molecule has 0 aromatic heterocycles. The summed E-state index contributed by atoms with van der Waals surface area (Å²) in [5.74, 6) is 0.428. The predicted molar refractivity (Wildman–Crippen MR) is 79.0 cm³/mol. The molecule has 108 valence electrons. The fraction of sp³-hybridized carbons (Fsp3) is 0.533. The van der Waals surface area contributed by atoms with Gasteiger partial charge in [0.15, 0.2) is 0 Å². The first-order valence-electron chi connectivity index (χ1n) is 7.10. The lowest BCUT2D eigenvalue weighted by Crippen LogP contribution is -2.25. The molecule has 5 heteroatoms. The van der Waals surface area contributed by atoms with Crippen LogP contribution in [0, 0.1) is 11.7 Å². The third kappa shape index (κ3) is 2.49. The van der Waals surface area contributed by atoms with Crippen molar-refractivity contribution < 1.29 is 9.18 Å². The van der Waals surface area contributed by atoms with E-state index in [1.165, 1.54) is 6.07 Å². The molecule has 2 aliphatic heterocycles. The molecule has 3 rings (SSSR count). The molecule has 1 unspecified atom stereocenters. The molecule has 1 amide bonds. The predicted octanol–water partition coefficient (Wildman–Crippen LogP) is 3.02. The molecule has 0 N–H and O–H groups in total. The smallest absolute Gasteiger partial charge is 0.227 e. The van der Waals surface area contributed by atoms with Gasteiger partial charge in [0, 0.05) is 37.6 Å². The van der Waals surface area contributed by atoms with Crippen LogP contribution < -0.4 is 9.80 Å². The van der Waals surface area contributed by atoms with Gasteiger partial charge in [-0.25, -0.2) is 4.39 Å². The lowest BCUT2D eigenvalue weighted by molar-refractivity contribution is -0.117. The average Bonchev–Trinajstić information content (AvgIpc) is 3.07. The lowest BCUT2D eigenvalue weighted by Gasteiger charge is -2.21. The summed E-state index contributed by atoms with van der Waals surface area (Å²) in [5.41, 5.74) is 1.29. The summed E-state index contributed by atoms with van der Waals surface area (Å²) in [6.07, 6.45) is 2.69. The minimum Gasteiger partial charge on any atom is -0.369 e. The van der Waals surface area contributed by atoms with E-state index in [2.05, 4.69) is 4.90 Å². The van der Waals surface area contributed by atoms with E-state index < -0.39 is 0 Å². The van der Waals surface area contributed by atoms with Crippen molar-refractivity contribution in [1.29, 1.82) is 0 Å². The number of rotatable bonds is 3. The van der Waals surface area contributed by atoms with Gasteiger partial charge in [-0.05, 0) is 37.0 Å². The van der Waals surface area contributed by atoms with Crippen LogP contribution in [0.4, 0.5) is 15.8 Å². The molecule has 0 radical (unpaired) electrons. The first-order chi connectivity index (χ1) is 9.69. The molecule has 1 aromatic rings. The van der Waals surface area contributed by atoms with E-state index in [0.29, 0.717) is 30.2 Å². The zero-order valence-corrected chi connectivity index (χ0v) is 12.1. The first-order valence-corrected chi connectivity index (χ1v) is 7.63. The molecule has 2 saturated heterocycles. The van der Waals surface area contributed by atoms with Crippen LogP contribution in [0.15, 0.2) is 18.2 Å². The number of anilines is 2. The lowest BCUT2D eigenvalue weighted by atomic mass is 10.1. The second-order valence-corrected chi connectivity index (χ2v) is 5.87. The topological polar surface area (TPSA) is 23.6 Å². The fourth-order valence-electron chi connectivity index (χ4n) is 3.01. The van der Waals surface area contributed by atoms with E-state index in [9.17, 15) is 9.18 Å². The zero-order chi connectivity index (χ0) is 14.1. The minimum atomic E-state index is -0.244. The number of carbonyl (C=O) groups excluding carboxylic acids is 1. The second kappa shape index (κ2) is 5.60. The van der Waals surface area contributed by atoms with Crippen molar-refractivity contribution in [3.8, 4) is 0 Å². The number of halogens is 2. The normalized spacial score (nSPS) is 22.9. The fourth-order valence-corrected chi connectivity index (χ4v) is 3.22. The molecule has 2 aliphatic rings. The number of carbonyl (C=O) groups is 1. The van der Waals surface area contributed by atoms with Gasteiger partial charge >= 0.3 is 0 Å². The summed E-state index contributed by atoms with van der Waals surface area (Å²) in [4.78, 5) is 15.6. The van der Waals surface area contributed by atoms with Gasteiger partial charge in [-0.3, -0.25) is 4.79 Å². The molecule has 3 nitrogen and oxygen atoms in total. The summed E-state index contributed by atoms with van der Waals surface area (Å²) >= 11 is 5.81. The van der Waals surface area contributed by atoms with Crippen LogP contribution in [0.3, 0.4) is 0 Å². The van der Waals surface area contributed by atoms with E-state index in [1.54, 1.807) is 11.0 Å². The Bertz CT molecular complexity index is 517. The highest BCUT2D eigenvalue weighted by atomic mass is 35.5. The SMILES string of the molecule is O=C1CC(CCl)CN1c1ccc(N2CCCC2)c(F)c1. The summed E-state index contributed by atoms with van der Waals surface area (Å²) in [6, 6.07) is 5.10. The van der Waals surface area contributed by atoms with Crippen molar-refractivity contribution >= 4 is 28.9 Å². The molecule has 2 heterocycles. The summed E-state index contributed by atoms with van der Waals surface area (Å²) in [5, 5.41) is 0. The third-order valence-corrected chi connectivity index (χ3v) is 4.55. The molecule has 1 aromatic carbocycles. The zero-order valence-electron chi connectivity index (χ0n) is 11.3. The molecular weight excluding hydrogens is 279 g/mol. The van der Waals surface area contributed by atoms with E-state index in [0.717, 1.165) is 25.9 Å². The maximum Gasteiger partial charge on any atom is 0.227 e. The summed E-state index contributed by atoms with van der Waals surface area (Å²) < 4.78 is 14.3. The maximum absolute atomic E-state index is 14.3. The van der Waals surface area contributed by atoms with Gasteiger partial charge in [-0.15, -0.1) is 11.6 Å². The van der Waals surface area contributed by atoms with Crippen LogP contribution in [-0.4, -0.2) is 31.4 Å². The Labute approximate surface area is 123 Å². The Morgan fingerprint density at radius 1 is 1.30 bits per heavy atom. The van der Waals surface area contributed by atoms with Crippen LogP contribution in [0.2, 0.25) is 0 Å². The first kappa shape index (κ1) is 13.7. The van der Waals surface area contributed by atoms with Crippen molar-refractivity contribution in [2.24, 2.45) is 5.92 Å². The van der Waals surface area contributed by atoms with E-state index in [1.807, 2.05) is 6.07 Å². The Balaban J connectivity index is 1.81. The van der Waals surface area contributed by atoms with Gasteiger partial charge in [0.25, 0.3) is 0 Å². The quantitative estimate of drug-likeness (QED) is 0.801. The molecule has 1 atom stereocenters. The van der Waals surface area contributed by atoms with Gasteiger partial charge in [0.05, 0.1) is 5.69 Å². The molecule has 2 fully saturated rings. The largest absolute Gasteiger partial charge is 0.369 e. The van der Waals surface area contributed by atoms with E-state index in [4.69, 9.17) is 11.6 Å². The Kier molecular flexibility index (Phi) is 3.83. The highest BCUT2D eigenvalue weighted by Gasteiger charge is 2.30. The van der Waals surface area contributed by atoms with Gasteiger partial charge in [-0.2, -0.15) is 0 Å². The molecule has 0 bridgehead atoms. The minimum absolute atomic E-state index is 0.0315. The molecule has 0 spiro atoms. The number of hydrogen-bond acceptors (Lipinski definition) is 2. The van der Waals surface area contributed by atoms with E-state index >= 15 is 0 Å². The highest BCUT2D eigenvalue weighted by molar-refractivity contribution is 6.18. The molecular formula is C15H18ClFN2O. The van der Waals surface area contributed by atoms with Crippen LogP contribution in [0.5, 0.6) is 0 Å². The third-order valence-electron chi connectivity index (χ3n) is 4.11. The van der Waals surface area contributed by atoms with Crippen molar-refractivity contribution in [2.75, 3.05) is 35.3 Å². The number of benzene rings is 1. The monoisotopic (exact) mass is 296 g/mol. The molecule has 0 aliphatic carbocycles. The molecule has 0 saturated carbocycles. The average molecular weight is 297 g/mol. The number of alkyl halides is 1. The molecule has 20 heavy (non-hydrogen) atoms. The summed E-state index contributed by atoms with van der Waals surface area (Å²) in [7, 11) is 0. The van der Waals surface area contributed by atoms with Crippen LogP contribution in [0.1, 0.15) is 19.3 Å². The van der Waals surface area contributed by atoms with Crippen LogP contribution in [0.25, 0.3) is 0 Å². The second-order valence-electron chi connectivity index (χ2n) is 5.56. The van der Waals surface area contributed by atoms with Gasteiger partial charge < -0.3 is 9.80 Å². The van der Waals surface area contributed by atoms with Gasteiger partial charge in [0.2, 0.25) is 5.91 Å². The maximum atomic E-state index is 14.3. The van der Waals surface area contributed by atoms with Crippen molar-refractivity contribution in [2.45, 2.75) is 19.3 Å². The Hall–Kier alpha value is -1.29.